The van der Waals surface area contributed by atoms with Crippen molar-refractivity contribution in [2.24, 2.45) is 11.7 Å². The smallest absolute Gasteiger partial charge is 0.0448 e. The summed E-state index contributed by atoms with van der Waals surface area (Å²) < 4.78 is 1.14. The second kappa shape index (κ2) is 8.23. The van der Waals surface area contributed by atoms with Crippen LogP contribution >= 0.6 is 27.7 Å². The van der Waals surface area contributed by atoms with Crippen LogP contribution in [0.15, 0.2) is 28.7 Å². The van der Waals surface area contributed by atoms with E-state index in [1.165, 1.54) is 17.7 Å². The van der Waals surface area contributed by atoms with E-state index in [-0.39, 0.29) is 6.04 Å². The van der Waals surface area contributed by atoms with Gasteiger partial charge in [0.15, 0.2) is 0 Å². The van der Waals surface area contributed by atoms with Gasteiger partial charge in [-0.05, 0) is 35.8 Å². The van der Waals surface area contributed by atoms with Crippen LogP contribution in [0, 0.1) is 5.92 Å². The average Bonchev–Trinajstić information content (AvgIpc) is 2.38. The first kappa shape index (κ1) is 16.1. The number of nitrogens with two attached hydrogens (primary N) is 1. The van der Waals surface area contributed by atoms with Crippen molar-refractivity contribution in [3.05, 3.63) is 34.3 Å². The predicted octanol–water partition coefficient (Wildman–Crippen LogP) is 5.01. The van der Waals surface area contributed by atoms with Gasteiger partial charge in [0.2, 0.25) is 0 Å². The van der Waals surface area contributed by atoms with Crippen molar-refractivity contribution in [2.75, 3.05) is 5.75 Å². The van der Waals surface area contributed by atoms with Gasteiger partial charge in [-0.15, -0.1) is 0 Å². The van der Waals surface area contributed by atoms with Crippen LogP contribution in [-0.2, 0) is 0 Å². The lowest BCUT2D eigenvalue weighted by Crippen LogP contribution is -2.26. The van der Waals surface area contributed by atoms with Crippen molar-refractivity contribution >= 4 is 27.7 Å². The van der Waals surface area contributed by atoms with E-state index in [4.69, 9.17) is 5.73 Å². The highest BCUT2D eigenvalue weighted by molar-refractivity contribution is 9.10. The van der Waals surface area contributed by atoms with Gasteiger partial charge in [0.05, 0.1) is 0 Å². The lowest BCUT2D eigenvalue weighted by Gasteiger charge is -2.24. The molecular weight excluding hydrogens is 306 g/mol. The molecule has 0 saturated carbocycles. The Kier molecular flexibility index (Phi) is 7.35. The highest BCUT2D eigenvalue weighted by Gasteiger charge is 2.19. The quantitative estimate of drug-likeness (QED) is 0.761. The van der Waals surface area contributed by atoms with E-state index in [1.807, 2.05) is 11.8 Å². The topological polar surface area (TPSA) is 26.0 Å². The van der Waals surface area contributed by atoms with Gasteiger partial charge in [-0.25, -0.2) is 0 Å². The zero-order valence-electron chi connectivity index (χ0n) is 11.5. The summed E-state index contributed by atoms with van der Waals surface area (Å²) in [6.07, 6.45) is 2.25. The highest BCUT2D eigenvalue weighted by Crippen LogP contribution is 2.35. The van der Waals surface area contributed by atoms with Gasteiger partial charge in [-0.2, -0.15) is 11.8 Å². The van der Waals surface area contributed by atoms with E-state index in [2.05, 4.69) is 61.0 Å². The van der Waals surface area contributed by atoms with E-state index in [1.54, 1.807) is 0 Å². The SMILES string of the molecule is CCC(C)CSC(c1cccc(Br)c1)C(N)CC. The van der Waals surface area contributed by atoms with Crippen LogP contribution in [0.3, 0.4) is 0 Å². The summed E-state index contributed by atoms with van der Waals surface area (Å²) in [5.74, 6) is 1.94. The zero-order valence-corrected chi connectivity index (χ0v) is 13.9. The van der Waals surface area contributed by atoms with Gasteiger partial charge >= 0.3 is 0 Å². The fraction of sp³-hybridized carbons (Fsp3) is 0.600. The summed E-state index contributed by atoms with van der Waals surface area (Å²) in [6.45, 7) is 6.72. The number of benzene rings is 1. The van der Waals surface area contributed by atoms with Crippen molar-refractivity contribution in [3.63, 3.8) is 0 Å². The average molecular weight is 330 g/mol. The fourth-order valence-corrected chi connectivity index (χ4v) is 3.72. The maximum Gasteiger partial charge on any atom is 0.0448 e. The first-order valence-corrected chi connectivity index (χ1v) is 8.55. The Bertz CT molecular complexity index is 356. The molecule has 1 nitrogen and oxygen atoms in total. The van der Waals surface area contributed by atoms with E-state index in [9.17, 15) is 0 Å². The van der Waals surface area contributed by atoms with E-state index in [0.717, 1.165) is 16.8 Å². The maximum absolute atomic E-state index is 6.29. The summed E-state index contributed by atoms with van der Waals surface area (Å²) in [4.78, 5) is 0. The van der Waals surface area contributed by atoms with E-state index in [0.29, 0.717) is 5.25 Å². The Balaban J connectivity index is 2.78. The molecule has 2 N–H and O–H groups in total. The van der Waals surface area contributed by atoms with Gasteiger partial charge in [0, 0.05) is 15.8 Å². The molecule has 0 aliphatic rings. The molecule has 0 bridgehead atoms. The van der Waals surface area contributed by atoms with Crippen LogP contribution < -0.4 is 5.73 Å². The van der Waals surface area contributed by atoms with Crippen LogP contribution in [-0.4, -0.2) is 11.8 Å². The third kappa shape index (κ3) is 4.94. The first-order chi connectivity index (χ1) is 8.58. The van der Waals surface area contributed by atoms with Crippen molar-refractivity contribution < 1.29 is 0 Å². The molecule has 0 amide bonds. The second-order valence-electron chi connectivity index (χ2n) is 4.89. The standard InChI is InChI=1S/C15H24BrNS/c1-4-11(3)10-18-15(14(17)5-2)12-7-6-8-13(16)9-12/h6-9,11,14-15H,4-5,10,17H2,1-3H3. The Hall–Kier alpha value is 0.01000. The molecule has 0 heterocycles. The Morgan fingerprint density at radius 3 is 2.56 bits per heavy atom. The van der Waals surface area contributed by atoms with Gasteiger partial charge in [0.1, 0.15) is 0 Å². The molecule has 0 saturated heterocycles. The molecule has 0 radical (unpaired) electrons. The summed E-state index contributed by atoms with van der Waals surface area (Å²) in [5, 5.41) is 0.404. The summed E-state index contributed by atoms with van der Waals surface area (Å²) in [5.41, 5.74) is 7.63. The summed E-state index contributed by atoms with van der Waals surface area (Å²) >= 11 is 5.55. The zero-order chi connectivity index (χ0) is 13.5. The Morgan fingerprint density at radius 1 is 1.28 bits per heavy atom. The molecule has 0 spiro atoms. The summed E-state index contributed by atoms with van der Waals surface area (Å²) in [6, 6.07) is 8.78. The molecule has 0 fully saturated rings. The Morgan fingerprint density at radius 2 is 2.00 bits per heavy atom. The van der Waals surface area contributed by atoms with Crippen LogP contribution in [0.2, 0.25) is 0 Å². The van der Waals surface area contributed by atoms with Gasteiger partial charge < -0.3 is 5.73 Å². The third-order valence-corrected chi connectivity index (χ3v) is 5.53. The monoisotopic (exact) mass is 329 g/mol. The van der Waals surface area contributed by atoms with E-state index < -0.39 is 0 Å². The predicted molar refractivity (Wildman–Crippen MR) is 87.1 cm³/mol. The van der Waals surface area contributed by atoms with Crippen molar-refractivity contribution in [1.29, 1.82) is 0 Å². The molecular formula is C15H24BrNS. The molecule has 102 valence electrons. The minimum atomic E-state index is 0.230. The maximum atomic E-state index is 6.29. The molecule has 1 aromatic carbocycles. The number of rotatable bonds is 7. The summed E-state index contributed by atoms with van der Waals surface area (Å²) in [7, 11) is 0. The van der Waals surface area contributed by atoms with Crippen LogP contribution in [0.1, 0.15) is 44.4 Å². The number of hydrogen-bond acceptors (Lipinski definition) is 2. The lowest BCUT2D eigenvalue weighted by molar-refractivity contribution is 0.615. The first-order valence-electron chi connectivity index (χ1n) is 6.71. The number of hydrogen-bond donors (Lipinski definition) is 1. The molecule has 18 heavy (non-hydrogen) atoms. The van der Waals surface area contributed by atoms with Gasteiger partial charge in [-0.3, -0.25) is 0 Å². The van der Waals surface area contributed by atoms with Gasteiger partial charge in [0.25, 0.3) is 0 Å². The van der Waals surface area contributed by atoms with Crippen molar-refractivity contribution in [1.82, 2.24) is 0 Å². The number of halogens is 1. The Labute approximate surface area is 124 Å². The normalized spacial score (nSPS) is 16.3. The molecule has 3 atom stereocenters. The third-order valence-electron chi connectivity index (χ3n) is 3.29. The minimum absolute atomic E-state index is 0.230. The van der Waals surface area contributed by atoms with Crippen molar-refractivity contribution in [3.8, 4) is 0 Å². The highest BCUT2D eigenvalue weighted by atomic mass is 79.9. The molecule has 0 aliphatic heterocycles. The molecule has 0 aromatic heterocycles. The van der Waals surface area contributed by atoms with Crippen LogP contribution in [0.4, 0.5) is 0 Å². The lowest BCUT2D eigenvalue weighted by atomic mass is 10.0. The van der Waals surface area contributed by atoms with Crippen LogP contribution in [0.25, 0.3) is 0 Å². The second-order valence-corrected chi connectivity index (χ2v) is 6.98. The number of thioether (sulfide) groups is 1. The fourth-order valence-electron chi connectivity index (χ4n) is 1.75. The van der Waals surface area contributed by atoms with Gasteiger partial charge in [-0.1, -0.05) is 55.3 Å². The largest absolute Gasteiger partial charge is 0.326 e. The minimum Gasteiger partial charge on any atom is -0.326 e. The van der Waals surface area contributed by atoms with Crippen LogP contribution in [0.5, 0.6) is 0 Å². The molecule has 3 unspecified atom stereocenters. The van der Waals surface area contributed by atoms with E-state index >= 15 is 0 Å². The van der Waals surface area contributed by atoms with Crippen molar-refractivity contribution in [2.45, 2.75) is 44.9 Å². The molecule has 1 aromatic rings. The molecule has 1 rings (SSSR count). The molecule has 3 heteroatoms. The molecule has 0 aliphatic carbocycles.